The average Bonchev–Trinajstić information content (AvgIpc) is 2.95. The van der Waals surface area contributed by atoms with Gasteiger partial charge >= 0.3 is 0 Å². The molecule has 4 nitrogen and oxygen atoms in total. The lowest BCUT2D eigenvalue weighted by atomic mass is 10.0. The molecule has 5 heteroatoms. The average molecular weight is 320 g/mol. The van der Waals surface area contributed by atoms with Gasteiger partial charge in [0.15, 0.2) is 0 Å². The molecule has 22 heavy (non-hydrogen) atoms. The maximum atomic E-state index is 12.3. The molecule has 1 amide bonds. The molecule has 2 unspecified atom stereocenters. The number of carbonyl (C=O) groups excluding carboxylic acids is 1. The predicted octanol–water partition coefficient (Wildman–Crippen LogP) is 2.02. The molecule has 0 N–H and O–H groups in total. The Labute approximate surface area is 136 Å². The monoisotopic (exact) mass is 320 g/mol. The quantitative estimate of drug-likeness (QED) is 0.831. The van der Waals surface area contributed by atoms with Crippen LogP contribution in [0.25, 0.3) is 0 Å². The molecule has 2 fully saturated rings. The van der Waals surface area contributed by atoms with Gasteiger partial charge in [0.1, 0.15) is 0 Å². The van der Waals surface area contributed by atoms with E-state index in [1.54, 1.807) is 11.8 Å². The highest BCUT2D eigenvalue weighted by molar-refractivity contribution is 8.01. The maximum absolute atomic E-state index is 12.3. The van der Waals surface area contributed by atoms with Gasteiger partial charge in [-0.25, -0.2) is 0 Å². The summed E-state index contributed by atoms with van der Waals surface area (Å²) in [5.41, 5.74) is 1.31. The molecule has 3 rings (SSSR count). The third-order valence-electron chi connectivity index (χ3n) is 4.52. The van der Waals surface area contributed by atoms with Crippen LogP contribution in [0.15, 0.2) is 30.3 Å². The summed E-state index contributed by atoms with van der Waals surface area (Å²) in [5, 5.41) is 0.260. The molecule has 0 spiro atoms. The summed E-state index contributed by atoms with van der Waals surface area (Å²) in [5.74, 6) is 1.26. The highest BCUT2D eigenvalue weighted by atomic mass is 32.2. The number of benzene rings is 1. The fourth-order valence-electron chi connectivity index (χ4n) is 3.13. The van der Waals surface area contributed by atoms with Crippen LogP contribution in [0.4, 0.5) is 0 Å². The number of ether oxygens (including phenoxy) is 1. The summed E-state index contributed by atoms with van der Waals surface area (Å²) < 4.78 is 5.38. The smallest absolute Gasteiger partial charge is 0.233 e. The SMILES string of the molecule is CC(c1ccccc1)C1SCC(=O)N1CCN1CCOCC1. The number of hydrogen-bond donors (Lipinski definition) is 0. The van der Waals surface area contributed by atoms with Crippen molar-refractivity contribution in [1.29, 1.82) is 0 Å². The Kier molecular flexibility index (Phi) is 5.39. The van der Waals surface area contributed by atoms with Crippen LogP contribution >= 0.6 is 11.8 Å². The van der Waals surface area contributed by atoms with Crippen molar-refractivity contribution in [2.24, 2.45) is 0 Å². The zero-order valence-electron chi connectivity index (χ0n) is 13.1. The summed E-state index contributed by atoms with van der Waals surface area (Å²) in [6.45, 7) is 7.59. The molecule has 120 valence electrons. The van der Waals surface area contributed by atoms with E-state index in [4.69, 9.17) is 4.74 Å². The number of rotatable bonds is 5. The Morgan fingerprint density at radius 1 is 1.23 bits per heavy atom. The first-order valence-corrected chi connectivity index (χ1v) is 9.06. The first-order chi connectivity index (χ1) is 10.8. The van der Waals surface area contributed by atoms with Gasteiger partial charge in [-0.05, 0) is 5.56 Å². The van der Waals surface area contributed by atoms with E-state index in [0.717, 1.165) is 39.4 Å². The first kappa shape index (κ1) is 15.8. The third-order valence-corrected chi connectivity index (χ3v) is 5.94. The zero-order valence-corrected chi connectivity index (χ0v) is 13.9. The highest BCUT2D eigenvalue weighted by Crippen LogP contribution is 2.35. The normalized spacial score (nSPS) is 24.7. The number of morpholine rings is 1. The summed E-state index contributed by atoms with van der Waals surface area (Å²) in [4.78, 5) is 16.7. The van der Waals surface area contributed by atoms with Gasteiger partial charge in [-0.1, -0.05) is 37.3 Å². The molecule has 2 aliphatic rings. The molecule has 0 bridgehead atoms. The van der Waals surface area contributed by atoms with Crippen LogP contribution in [0.2, 0.25) is 0 Å². The van der Waals surface area contributed by atoms with E-state index in [1.165, 1.54) is 5.56 Å². The van der Waals surface area contributed by atoms with E-state index in [1.807, 2.05) is 6.07 Å². The van der Waals surface area contributed by atoms with Crippen LogP contribution in [-0.4, -0.2) is 66.2 Å². The molecular weight excluding hydrogens is 296 g/mol. The Hall–Kier alpha value is -1.04. The number of carbonyl (C=O) groups is 1. The summed E-state index contributed by atoms with van der Waals surface area (Å²) in [6.07, 6.45) is 0. The fourth-order valence-corrected chi connectivity index (χ4v) is 4.46. The Morgan fingerprint density at radius 3 is 2.68 bits per heavy atom. The number of thioether (sulfide) groups is 1. The summed E-state index contributed by atoms with van der Waals surface area (Å²) in [7, 11) is 0. The van der Waals surface area contributed by atoms with Gasteiger partial charge in [-0.2, -0.15) is 0 Å². The lowest BCUT2D eigenvalue weighted by Gasteiger charge is -2.32. The van der Waals surface area contributed by atoms with E-state index in [9.17, 15) is 4.79 Å². The molecule has 0 radical (unpaired) electrons. The topological polar surface area (TPSA) is 32.8 Å². The van der Waals surface area contributed by atoms with E-state index >= 15 is 0 Å². The van der Waals surface area contributed by atoms with Gasteiger partial charge in [0.05, 0.1) is 24.3 Å². The van der Waals surface area contributed by atoms with E-state index in [0.29, 0.717) is 11.7 Å². The van der Waals surface area contributed by atoms with Crippen molar-refractivity contribution >= 4 is 17.7 Å². The second kappa shape index (κ2) is 7.49. The van der Waals surface area contributed by atoms with Crippen LogP contribution in [0.1, 0.15) is 18.4 Å². The minimum atomic E-state index is 0.260. The van der Waals surface area contributed by atoms with E-state index in [2.05, 4.69) is 41.0 Å². The van der Waals surface area contributed by atoms with Gasteiger partial charge in [0.2, 0.25) is 5.91 Å². The molecule has 0 aliphatic carbocycles. The Bertz CT molecular complexity index is 491. The predicted molar refractivity (Wildman–Crippen MR) is 90.1 cm³/mol. The lowest BCUT2D eigenvalue weighted by Crippen LogP contribution is -2.44. The lowest BCUT2D eigenvalue weighted by molar-refractivity contribution is -0.128. The Morgan fingerprint density at radius 2 is 1.95 bits per heavy atom. The maximum Gasteiger partial charge on any atom is 0.233 e. The van der Waals surface area contributed by atoms with Crippen LogP contribution in [0, 0.1) is 0 Å². The fraction of sp³-hybridized carbons (Fsp3) is 0.588. The highest BCUT2D eigenvalue weighted by Gasteiger charge is 2.35. The summed E-state index contributed by atoms with van der Waals surface area (Å²) in [6, 6.07) is 10.5. The van der Waals surface area contributed by atoms with E-state index in [-0.39, 0.29) is 11.3 Å². The zero-order chi connectivity index (χ0) is 15.4. The molecule has 2 saturated heterocycles. The van der Waals surface area contributed by atoms with Gasteiger partial charge in [0, 0.05) is 32.1 Å². The molecule has 2 aliphatic heterocycles. The largest absolute Gasteiger partial charge is 0.379 e. The van der Waals surface area contributed by atoms with Crippen LogP contribution in [0.3, 0.4) is 0 Å². The second-order valence-corrected chi connectivity index (χ2v) is 7.05. The molecule has 0 saturated carbocycles. The number of amides is 1. The second-order valence-electron chi connectivity index (χ2n) is 5.94. The molecular formula is C17H24N2O2S. The third kappa shape index (κ3) is 3.65. The van der Waals surface area contributed by atoms with Crippen LogP contribution < -0.4 is 0 Å². The van der Waals surface area contributed by atoms with Crippen molar-refractivity contribution in [2.45, 2.75) is 18.2 Å². The minimum Gasteiger partial charge on any atom is -0.379 e. The van der Waals surface area contributed by atoms with Crippen molar-refractivity contribution in [1.82, 2.24) is 9.80 Å². The number of hydrogen-bond acceptors (Lipinski definition) is 4. The van der Waals surface area contributed by atoms with Crippen molar-refractivity contribution in [3.63, 3.8) is 0 Å². The van der Waals surface area contributed by atoms with Crippen molar-refractivity contribution in [2.75, 3.05) is 45.1 Å². The van der Waals surface area contributed by atoms with Crippen molar-refractivity contribution in [3.05, 3.63) is 35.9 Å². The van der Waals surface area contributed by atoms with E-state index < -0.39 is 0 Å². The molecule has 0 aromatic heterocycles. The van der Waals surface area contributed by atoms with Gasteiger partial charge < -0.3 is 9.64 Å². The van der Waals surface area contributed by atoms with Crippen molar-refractivity contribution in [3.8, 4) is 0 Å². The number of nitrogens with zero attached hydrogens (tertiary/aromatic N) is 2. The Balaban J connectivity index is 1.61. The standard InChI is InChI=1S/C17H24N2O2S/c1-14(15-5-3-2-4-6-15)17-19(16(20)13-22-17)8-7-18-9-11-21-12-10-18/h2-6,14,17H,7-13H2,1H3. The first-order valence-electron chi connectivity index (χ1n) is 8.02. The molecule has 2 atom stereocenters. The van der Waals surface area contributed by atoms with Gasteiger partial charge in [-0.15, -0.1) is 11.8 Å². The minimum absolute atomic E-state index is 0.260. The van der Waals surface area contributed by atoms with Gasteiger partial charge in [0.25, 0.3) is 0 Å². The van der Waals surface area contributed by atoms with Crippen molar-refractivity contribution < 1.29 is 9.53 Å². The molecule has 1 aromatic rings. The van der Waals surface area contributed by atoms with Crippen LogP contribution in [0.5, 0.6) is 0 Å². The van der Waals surface area contributed by atoms with Gasteiger partial charge in [-0.3, -0.25) is 9.69 Å². The van der Waals surface area contributed by atoms with Crippen LogP contribution in [-0.2, 0) is 9.53 Å². The summed E-state index contributed by atoms with van der Waals surface area (Å²) >= 11 is 1.78. The molecule has 1 aromatic carbocycles. The molecule has 2 heterocycles.